The molecule has 0 amide bonds. The van der Waals surface area contributed by atoms with Gasteiger partial charge in [-0.1, -0.05) is 0 Å². The zero-order chi connectivity index (χ0) is 21.1. The van der Waals surface area contributed by atoms with Gasteiger partial charge < -0.3 is 25.2 Å². The maximum Gasteiger partial charge on any atom is 0.424 e. The highest BCUT2D eigenvalue weighted by molar-refractivity contribution is 5.80. The van der Waals surface area contributed by atoms with Crippen molar-refractivity contribution in [3.05, 3.63) is 18.2 Å². The summed E-state index contributed by atoms with van der Waals surface area (Å²) in [6, 6.07) is 1.00. The van der Waals surface area contributed by atoms with E-state index in [9.17, 15) is 18.3 Å². The van der Waals surface area contributed by atoms with Gasteiger partial charge in [-0.25, -0.2) is 4.98 Å². The molecule has 1 atom stereocenters. The van der Waals surface area contributed by atoms with E-state index in [4.69, 9.17) is 0 Å². The summed E-state index contributed by atoms with van der Waals surface area (Å²) in [5, 5.41) is 16.8. The average Bonchev–Trinajstić information content (AvgIpc) is 3.42. The zero-order valence-corrected chi connectivity index (χ0v) is 17.0. The first kappa shape index (κ1) is 21.9. The summed E-state index contributed by atoms with van der Waals surface area (Å²) >= 11 is 0. The number of hydrogen-bond acceptors (Lipinski definition) is 4. The van der Waals surface area contributed by atoms with Crippen LogP contribution in [-0.2, 0) is 12.6 Å². The Morgan fingerprint density at radius 1 is 1.28 bits per heavy atom. The van der Waals surface area contributed by atoms with Gasteiger partial charge in [0.1, 0.15) is 5.82 Å². The molecule has 2 fully saturated rings. The van der Waals surface area contributed by atoms with Crippen LogP contribution in [0.2, 0.25) is 0 Å². The average molecular weight is 416 g/mol. The van der Waals surface area contributed by atoms with Crippen molar-refractivity contribution in [1.29, 1.82) is 0 Å². The molecule has 7 nitrogen and oxygen atoms in total. The lowest BCUT2D eigenvalue weighted by molar-refractivity contribution is -0.272. The molecule has 1 saturated carbocycles. The molecular formula is C19H31F3N6O. The van der Waals surface area contributed by atoms with Crippen LogP contribution < -0.4 is 10.6 Å². The molecule has 164 valence electrons. The number of likely N-dealkylation sites (tertiary alicyclic amines) is 1. The third-order valence-electron chi connectivity index (χ3n) is 5.68. The predicted octanol–water partition coefficient (Wildman–Crippen LogP) is 1.74. The number of aryl methyl sites for hydroxylation is 1. The van der Waals surface area contributed by atoms with E-state index in [1.54, 1.807) is 0 Å². The zero-order valence-electron chi connectivity index (χ0n) is 17.0. The second-order valence-corrected chi connectivity index (χ2v) is 7.92. The number of piperidine rings is 1. The van der Waals surface area contributed by atoms with Crippen LogP contribution >= 0.6 is 0 Å². The van der Waals surface area contributed by atoms with E-state index in [1.807, 2.05) is 6.92 Å². The van der Waals surface area contributed by atoms with Gasteiger partial charge in [-0.15, -0.1) is 0 Å². The maximum atomic E-state index is 13.6. The molecule has 0 bridgehead atoms. The molecular weight excluding hydrogens is 385 g/mol. The fraction of sp³-hybridized carbons (Fsp3) is 0.789. The Morgan fingerprint density at radius 3 is 2.48 bits per heavy atom. The van der Waals surface area contributed by atoms with Crippen LogP contribution in [-0.4, -0.2) is 70.0 Å². The molecule has 29 heavy (non-hydrogen) atoms. The molecule has 0 radical (unpaired) electrons. The molecule has 1 unspecified atom stereocenters. The van der Waals surface area contributed by atoms with E-state index < -0.39 is 24.0 Å². The first-order valence-electron chi connectivity index (χ1n) is 10.3. The molecule has 2 heterocycles. The summed E-state index contributed by atoms with van der Waals surface area (Å²) in [5.41, 5.74) is -3.04. The van der Waals surface area contributed by atoms with Gasteiger partial charge in [-0.05, 0) is 32.6 Å². The Balaban J connectivity index is 1.60. The fourth-order valence-corrected chi connectivity index (χ4v) is 3.84. The molecule has 1 saturated heterocycles. The minimum absolute atomic E-state index is 0.181. The summed E-state index contributed by atoms with van der Waals surface area (Å²) in [6.45, 7) is 4.41. The van der Waals surface area contributed by atoms with Crippen molar-refractivity contribution in [1.82, 2.24) is 25.1 Å². The lowest BCUT2D eigenvalue weighted by atomic mass is 9.98. The number of nitrogens with one attached hydrogen (secondary N) is 2. The van der Waals surface area contributed by atoms with Crippen molar-refractivity contribution in [2.45, 2.75) is 62.9 Å². The second-order valence-electron chi connectivity index (χ2n) is 7.92. The molecule has 3 N–H and O–H groups in total. The largest absolute Gasteiger partial charge is 0.424 e. The number of guanidine groups is 1. The molecule has 2 aliphatic rings. The normalized spacial score (nSPS) is 21.8. The van der Waals surface area contributed by atoms with Gasteiger partial charge in [0, 0.05) is 64.1 Å². The van der Waals surface area contributed by atoms with Crippen molar-refractivity contribution in [2.24, 2.45) is 12.0 Å². The molecule has 10 heteroatoms. The first-order valence-corrected chi connectivity index (χ1v) is 10.3. The summed E-state index contributed by atoms with van der Waals surface area (Å²) in [7, 11) is 1.43. The van der Waals surface area contributed by atoms with Crippen molar-refractivity contribution in [3.63, 3.8) is 0 Å². The Hall–Kier alpha value is -1.81. The SMILES string of the molecule is CCNC(=NCCC(O)(c1nccn1C)C(F)(F)F)NC1CCN(C2CC2)CC1. The van der Waals surface area contributed by atoms with Crippen molar-refractivity contribution in [3.8, 4) is 0 Å². The van der Waals surface area contributed by atoms with Crippen LogP contribution in [0.25, 0.3) is 0 Å². The van der Waals surface area contributed by atoms with Gasteiger partial charge in [-0.2, -0.15) is 13.2 Å². The van der Waals surface area contributed by atoms with Crippen LogP contribution in [0.3, 0.4) is 0 Å². The number of nitrogens with zero attached hydrogens (tertiary/aromatic N) is 4. The van der Waals surface area contributed by atoms with Crippen molar-refractivity contribution >= 4 is 5.96 Å². The quantitative estimate of drug-likeness (QED) is 0.466. The number of aromatic nitrogens is 2. The highest BCUT2D eigenvalue weighted by atomic mass is 19.4. The number of aliphatic imine (C=N–C) groups is 1. The Kier molecular flexibility index (Phi) is 6.72. The highest BCUT2D eigenvalue weighted by Crippen LogP contribution is 2.40. The molecule has 1 aromatic rings. The van der Waals surface area contributed by atoms with Gasteiger partial charge in [0.2, 0.25) is 5.60 Å². The number of hydrogen-bond donors (Lipinski definition) is 3. The van der Waals surface area contributed by atoms with Crippen molar-refractivity contribution in [2.75, 3.05) is 26.2 Å². The van der Waals surface area contributed by atoms with Crippen molar-refractivity contribution < 1.29 is 18.3 Å². The van der Waals surface area contributed by atoms with E-state index in [0.29, 0.717) is 12.5 Å². The van der Waals surface area contributed by atoms with E-state index in [0.717, 1.165) is 32.0 Å². The molecule has 0 aromatic carbocycles. The van der Waals surface area contributed by atoms with Gasteiger partial charge >= 0.3 is 6.18 Å². The molecule has 0 spiro atoms. The number of imidazole rings is 1. The summed E-state index contributed by atoms with van der Waals surface area (Å²) in [5.74, 6) is 0.0624. The van der Waals surface area contributed by atoms with E-state index in [1.165, 1.54) is 36.9 Å². The highest BCUT2D eigenvalue weighted by Gasteiger charge is 2.57. The lowest BCUT2D eigenvalue weighted by Crippen LogP contribution is -2.49. The third-order valence-corrected chi connectivity index (χ3v) is 5.68. The molecule has 1 aromatic heterocycles. The number of halogens is 3. The summed E-state index contributed by atoms with van der Waals surface area (Å²) in [6.07, 6.45) is 1.74. The monoisotopic (exact) mass is 416 g/mol. The van der Waals surface area contributed by atoms with Gasteiger partial charge in [0.15, 0.2) is 5.96 Å². The standard InChI is InChI=1S/C19H31F3N6O/c1-3-23-17(26-14-6-11-28(12-7-14)15-4-5-15)25-9-8-18(29,19(20,21)22)16-24-10-13-27(16)2/h10,13-15,29H,3-9,11-12H2,1-2H3,(H2,23,25,26). The summed E-state index contributed by atoms with van der Waals surface area (Å²) < 4.78 is 42.0. The number of alkyl halides is 3. The fourth-order valence-electron chi connectivity index (χ4n) is 3.84. The van der Waals surface area contributed by atoms with Crippen LogP contribution in [0.4, 0.5) is 13.2 Å². The molecule has 3 rings (SSSR count). The molecule has 1 aliphatic carbocycles. The number of rotatable bonds is 7. The Bertz CT molecular complexity index is 694. The minimum atomic E-state index is -4.84. The van der Waals surface area contributed by atoms with E-state index in [-0.39, 0.29) is 12.6 Å². The third kappa shape index (κ3) is 5.22. The maximum absolute atomic E-state index is 13.6. The minimum Gasteiger partial charge on any atom is -0.374 e. The summed E-state index contributed by atoms with van der Waals surface area (Å²) in [4.78, 5) is 10.5. The Morgan fingerprint density at radius 2 is 1.97 bits per heavy atom. The topological polar surface area (TPSA) is 77.7 Å². The predicted molar refractivity (Wildman–Crippen MR) is 105 cm³/mol. The Labute approximate surface area is 169 Å². The van der Waals surface area contributed by atoms with Crippen LogP contribution in [0.5, 0.6) is 0 Å². The molecule has 1 aliphatic heterocycles. The van der Waals surface area contributed by atoms with Gasteiger partial charge in [0.25, 0.3) is 0 Å². The lowest BCUT2D eigenvalue weighted by Gasteiger charge is -2.33. The second kappa shape index (κ2) is 8.91. The van der Waals surface area contributed by atoms with E-state index >= 15 is 0 Å². The smallest absolute Gasteiger partial charge is 0.374 e. The van der Waals surface area contributed by atoms with E-state index in [2.05, 4.69) is 25.5 Å². The van der Waals surface area contributed by atoms with Gasteiger partial charge in [0.05, 0.1) is 0 Å². The van der Waals surface area contributed by atoms with Crippen LogP contribution in [0.1, 0.15) is 44.9 Å². The van der Waals surface area contributed by atoms with Crippen LogP contribution in [0, 0.1) is 0 Å². The number of aliphatic hydroxyl groups is 1. The van der Waals surface area contributed by atoms with Gasteiger partial charge in [-0.3, -0.25) is 4.99 Å². The van der Waals surface area contributed by atoms with Crippen LogP contribution in [0.15, 0.2) is 17.4 Å². The first-order chi connectivity index (χ1) is 13.7.